The van der Waals surface area contributed by atoms with Gasteiger partial charge in [-0.05, 0) is 19.1 Å². The molecule has 3 nitrogen and oxygen atoms in total. The molecule has 3 heteroatoms. The fourth-order valence-corrected chi connectivity index (χ4v) is 1.57. The van der Waals surface area contributed by atoms with E-state index < -0.39 is 0 Å². The van der Waals surface area contributed by atoms with Crippen LogP contribution >= 0.6 is 0 Å². The van der Waals surface area contributed by atoms with Crippen LogP contribution in [0.1, 0.15) is 6.92 Å². The Kier molecular flexibility index (Phi) is 2.46. The summed E-state index contributed by atoms with van der Waals surface area (Å²) in [6.45, 7) is 2.18. The van der Waals surface area contributed by atoms with Crippen molar-refractivity contribution in [3.63, 3.8) is 0 Å². The van der Waals surface area contributed by atoms with E-state index in [0.29, 0.717) is 6.61 Å². The summed E-state index contributed by atoms with van der Waals surface area (Å²) in [5.41, 5.74) is -0.136. The molecule has 2 aliphatic rings. The van der Waals surface area contributed by atoms with Crippen molar-refractivity contribution >= 4 is 6.09 Å². The molecule has 1 aliphatic carbocycles. The van der Waals surface area contributed by atoms with E-state index in [4.69, 9.17) is 4.74 Å². The molecule has 0 saturated heterocycles. The number of allylic oxidation sites excluding steroid dienone is 6. The number of rotatable bonds is 1. The normalized spacial score (nSPS) is 20.2. The second-order valence-corrected chi connectivity index (χ2v) is 3.46. The second kappa shape index (κ2) is 3.77. The minimum Gasteiger partial charge on any atom is -0.449 e. The lowest BCUT2D eigenvalue weighted by Gasteiger charge is -2.24. The highest BCUT2D eigenvalue weighted by molar-refractivity contribution is 5.70. The van der Waals surface area contributed by atoms with Gasteiger partial charge >= 0.3 is 6.09 Å². The van der Waals surface area contributed by atoms with E-state index in [9.17, 15) is 4.79 Å². The molecule has 0 aromatic heterocycles. The first-order chi connectivity index (χ1) is 7.26. The lowest BCUT2D eigenvalue weighted by Crippen LogP contribution is -2.25. The number of amides is 1. The van der Waals surface area contributed by atoms with Crippen LogP contribution in [-0.2, 0) is 4.74 Å². The Bertz CT molecular complexity index is 349. The molecular formula is C12H13NO2. The van der Waals surface area contributed by atoms with Crippen LogP contribution in [0.3, 0.4) is 0 Å². The maximum absolute atomic E-state index is 11.4. The summed E-state index contributed by atoms with van der Waals surface area (Å²) in [4.78, 5) is 12.8. The summed E-state index contributed by atoms with van der Waals surface area (Å²) in [5.74, 6) is 0. The largest absolute Gasteiger partial charge is 0.449 e. The fourth-order valence-electron chi connectivity index (χ4n) is 1.57. The molecule has 0 radical (unpaired) electrons. The number of nitrogens with zero attached hydrogens (tertiary/aromatic N) is 1. The molecule has 0 aromatic rings. The van der Waals surface area contributed by atoms with Crippen molar-refractivity contribution in [2.45, 2.75) is 6.92 Å². The van der Waals surface area contributed by atoms with Gasteiger partial charge in [-0.25, -0.2) is 4.79 Å². The summed E-state index contributed by atoms with van der Waals surface area (Å²) in [5, 5.41) is 0. The van der Waals surface area contributed by atoms with E-state index in [0.717, 1.165) is 0 Å². The number of hydrogen-bond donors (Lipinski definition) is 0. The smallest absolute Gasteiger partial charge is 0.417 e. The van der Waals surface area contributed by atoms with Crippen molar-refractivity contribution < 1.29 is 9.53 Å². The summed E-state index contributed by atoms with van der Waals surface area (Å²) in [6.07, 6.45) is 15.2. The maximum atomic E-state index is 11.4. The van der Waals surface area contributed by atoms with Crippen LogP contribution in [0.4, 0.5) is 4.79 Å². The summed E-state index contributed by atoms with van der Waals surface area (Å²) >= 11 is 0. The molecule has 0 fully saturated rings. The van der Waals surface area contributed by atoms with E-state index in [1.165, 1.54) is 4.90 Å². The molecular weight excluding hydrogens is 190 g/mol. The highest BCUT2D eigenvalue weighted by Crippen LogP contribution is 2.32. The van der Waals surface area contributed by atoms with Crippen molar-refractivity contribution in [1.29, 1.82) is 0 Å². The van der Waals surface area contributed by atoms with Gasteiger partial charge in [0.1, 0.15) is 0 Å². The minimum absolute atomic E-state index is 0.136. The van der Waals surface area contributed by atoms with Crippen LogP contribution in [0, 0.1) is 5.41 Å². The summed E-state index contributed by atoms with van der Waals surface area (Å²) < 4.78 is 4.88. The van der Waals surface area contributed by atoms with Crippen LogP contribution in [0.25, 0.3) is 0 Å². The van der Waals surface area contributed by atoms with Gasteiger partial charge in [0.05, 0.1) is 6.61 Å². The number of hydrogen-bond acceptors (Lipinski definition) is 2. The van der Waals surface area contributed by atoms with Crippen LogP contribution in [0.15, 0.2) is 48.9 Å². The Morgan fingerprint density at radius 2 is 1.80 bits per heavy atom. The first kappa shape index (κ1) is 9.77. The van der Waals surface area contributed by atoms with Gasteiger partial charge in [0.15, 0.2) is 0 Å². The molecule has 1 heterocycles. The van der Waals surface area contributed by atoms with E-state index in [2.05, 4.69) is 12.2 Å². The zero-order valence-corrected chi connectivity index (χ0v) is 8.59. The van der Waals surface area contributed by atoms with E-state index in [1.807, 2.05) is 24.3 Å². The molecule has 0 saturated carbocycles. The highest BCUT2D eigenvalue weighted by Gasteiger charge is 2.24. The first-order valence-corrected chi connectivity index (χ1v) is 4.97. The Morgan fingerprint density at radius 3 is 2.33 bits per heavy atom. The van der Waals surface area contributed by atoms with Gasteiger partial charge in [-0.1, -0.05) is 24.3 Å². The molecule has 15 heavy (non-hydrogen) atoms. The third-order valence-electron chi connectivity index (χ3n) is 2.41. The molecule has 78 valence electrons. The second-order valence-electron chi connectivity index (χ2n) is 3.46. The van der Waals surface area contributed by atoms with Gasteiger partial charge in [-0.2, -0.15) is 0 Å². The number of carbonyl (C=O) groups is 1. The van der Waals surface area contributed by atoms with E-state index in [-0.39, 0.29) is 11.5 Å². The van der Waals surface area contributed by atoms with Gasteiger partial charge in [0.25, 0.3) is 0 Å². The van der Waals surface area contributed by atoms with Crippen LogP contribution in [0.5, 0.6) is 0 Å². The van der Waals surface area contributed by atoms with E-state index in [1.54, 1.807) is 19.3 Å². The Hall–Kier alpha value is -1.77. The summed E-state index contributed by atoms with van der Waals surface area (Å²) in [6, 6.07) is 0. The van der Waals surface area contributed by atoms with E-state index >= 15 is 0 Å². The zero-order chi connectivity index (χ0) is 10.7. The van der Waals surface area contributed by atoms with Crippen LogP contribution in [0.2, 0.25) is 0 Å². The average Bonchev–Trinajstić information content (AvgIpc) is 2.68. The highest BCUT2D eigenvalue weighted by atomic mass is 16.5. The predicted molar refractivity (Wildman–Crippen MR) is 57.9 cm³/mol. The Balaban J connectivity index is 2.07. The monoisotopic (exact) mass is 203 g/mol. The van der Waals surface area contributed by atoms with Gasteiger partial charge < -0.3 is 4.74 Å². The Labute approximate surface area is 89.0 Å². The molecule has 1 amide bonds. The van der Waals surface area contributed by atoms with Gasteiger partial charge in [-0.3, -0.25) is 4.90 Å². The first-order valence-electron chi connectivity index (χ1n) is 4.97. The Morgan fingerprint density at radius 1 is 1.20 bits per heavy atom. The van der Waals surface area contributed by atoms with Crippen molar-refractivity contribution in [2.75, 3.05) is 6.61 Å². The standard InChI is InChI=1S/C12H13NO2/c1-2-15-11(14)13-9-7-12(8-10-13)5-3-4-6-12/h3-10H,2H2,1H3. The van der Waals surface area contributed by atoms with Crippen LogP contribution < -0.4 is 0 Å². The number of ether oxygens (including phenoxy) is 1. The zero-order valence-electron chi connectivity index (χ0n) is 8.59. The van der Waals surface area contributed by atoms with Crippen molar-refractivity contribution in [3.8, 4) is 0 Å². The molecule has 0 N–H and O–H groups in total. The van der Waals surface area contributed by atoms with Gasteiger partial charge in [-0.15, -0.1) is 0 Å². The molecule has 2 rings (SSSR count). The van der Waals surface area contributed by atoms with Crippen LogP contribution in [-0.4, -0.2) is 17.6 Å². The third-order valence-corrected chi connectivity index (χ3v) is 2.41. The quantitative estimate of drug-likeness (QED) is 0.655. The maximum Gasteiger partial charge on any atom is 0.417 e. The molecule has 0 aromatic carbocycles. The minimum atomic E-state index is -0.342. The molecule has 0 bridgehead atoms. The van der Waals surface area contributed by atoms with Gasteiger partial charge in [0, 0.05) is 17.8 Å². The lowest BCUT2D eigenvalue weighted by atomic mass is 9.89. The SMILES string of the molecule is CCOC(=O)N1C=CC2(C=CC=C2)C=C1. The average molecular weight is 203 g/mol. The topological polar surface area (TPSA) is 29.5 Å². The molecule has 0 unspecified atom stereocenters. The van der Waals surface area contributed by atoms with Crippen molar-refractivity contribution in [3.05, 3.63) is 48.9 Å². The predicted octanol–water partition coefficient (Wildman–Crippen LogP) is 2.60. The fraction of sp³-hybridized carbons (Fsp3) is 0.250. The van der Waals surface area contributed by atoms with Gasteiger partial charge in [0.2, 0.25) is 0 Å². The summed E-state index contributed by atoms with van der Waals surface area (Å²) in [7, 11) is 0. The number of carbonyl (C=O) groups excluding carboxylic acids is 1. The molecule has 0 atom stereocenters. The molecule has 1 aliphatic heterocycles. The molecule has 1 spiro atoms. The lowest BCUT2D eigenvalue weighted by molar-refractivity contribution is 0.132. The van der Waals surface area contributed by atoms with Crippen molar-refractivity contribution in [2.24, 2.45) is 5.41 Å². The van der Waals surface area contributed by atoms with Crippen molar-refractivity contribution in [1.82, 2.24) is 4.90 Å². The third kappa shape index (κ3) is 1.86.